The number of benzene rings is 1. The molecule has 2 N–H and O–H groups in total. The fourth-order valence-electron chi connectivity index (χ4n) is 3.25. The van der Waals surface area contributed by atoms with Crippen LogP contribution in [0.15, 0.2) is 18.2 Å². The topological polar surface area (TPSA) is 69.6 Å². The molecule has 2 amide bonds. The van der Waals surface area contributed by atoms with Crippen molar-refractivity contribution in [2.45, 2.75) is 44.6 Å². The Bertz CT molecular complexity index is 565. The molecule has 0 aromatic heterocycles. The maximum absolute atomic E-state index is 12.4. The van der Waals surface area contributed by atoms with E-state index < -0.39 is 5.97 Å². The number of carboxylic acid groups (broad SMARTS) is 1. The van der Waals surface area contributed by atoms with Gasteiger partial charge in [0.2, 0.25) is 0 Å². The van der Waals surface area contributed by atoms with Crippen LogP contribution in [0.3, 0.4) is 0 Å². The van der Waals surface area contributed by atoms with E-state index in [9.17, 15) is 9.59 Å². The predicted molar refractivity (Wildman–Crippen MR) is 79.9 cm³/mol. The molecule has 1 fully saturated rings. The van der Waals surface area contributed by atoms with Crippen LogP contribution in [0.25, 0.3) is 0 Å². The molecule has 0 spiro atoms. The van der Waals surface area contributed by atoms with Gasteiger partial charge < -0.3 is 10.4 Å². The van der Waals surface area contributed by atoms with E-state index >= 15 is 0 Å². The van der Waals surface area contributed by atoms with Crippen LogP contribution in [-0.2, 0) is 6.42 Å². The number of carbonyl (C=O) groups excluding carboxylic acids is 1. The van der Waals surface area contributed by atoms with Gasteiger partial charge in [-0.3, -0.25) is 4.90 Å². The summed E-state index contributed by atoms with van der Waals surface area (Å²) in [6, 6.07) is 5.21. The van der Waals surface area contributed by atoms with Gasteiger partial charge in [-0.2, -0.15) is 0 Å². The summed E-state index contributed by atoms with van der Waals surface area (Å²) < 4.78 is 0. The van der Waals surface area contributed by atoms with Crippen LogP contribution < -0.4 is 10.2 Å². The first-order valence-electron chi connectivity index (χ1n) is 7.59. The third kappa shape index (κ3) is 2.86. The van der Waals surface area contributed by atoms with E-state index in [-0.39, 0.29) is 17.6 Å². The molecular weight excluding hydrogens is 268 g/mol. The van der Waals surface area contributed by atoms with Crippen molar-refractivity contribution >= 4 is 17.7 Å². The Morgan fingerprint density at radius 3 is 2.67 bits per heavy atom. The number of nitrogens with zero attached hydrogens (tertiary/aromatic N) is 1. The summed E-state index contributed by atoms with van der Waals surface area (Å²) in [4.78, 5) is 25.1. The van der Waals surface area contributed by atoms with Crippen molar-refractivity contribution in [3.8, 4) is 0 Å². The Labute approximate surface area is 123 Å². The molecule has 1 aliphatic heterocycles. The second-order valence-corrected chi connectivity index (χ2v) is 5.83. The number of carboxylic acids is 1. The van der Waals surface area contributed by atoms with Gasteiger partial charge in [-0.25, -0.2) is 9.59 Å². The third-order valence-electron chi connectivity index (χ3n) is 4.40. The Morgan fingerprint density at radius 2 is 1.95 bits per heavy atom. The molecule has 21 heavy (non-hydrogen) atoms. The van der Waals surface area contributed by atoms with Crippen molar-refractivity contribution in [1.82, 2.24) is 5.32 Å². The minimum Gasteiger partial charge on any atom is -0.478 e. The Kier molecular flexibility index (Phi) is 3.82. The summed E-state index contributed by atoms with van der Waals surface area (Å²) in [7, 11) is 0. The first-order valence-corrected chi connectivity index (χ1v) is 7.59. The highest BCUT2D eigenvalue weighted by Crippen LogP contribution is 2.29. The largest absolute Gasteiger partial charge is 0.478 e. The lowest BCUT2D eigenvalue weighted by molar-refractivity contribution is 0.0697. The van der Waals surface area contributed by atoms with Gasteiger partial charge in [0, 0.05) is 18.3 Å². The summed E-state index contributed by atoms with van der Waals surface area (Å²) in [6.45, 7) is 0.622. The normalized spacial score (nSPS) is 18.4. The van der Waals surface area contributed by atoms with Crippen LogP contribution in [0.2, 0.25) is 0 Å². The van der Waals surface area contributed by atoms with Crippen molar-refractivity contribution < 1.29 is 14.7 Å². The quantitative estimate of drug-likeness (QED) is 0.879. The molecule has 0 saturated heterocycles. The molecule has 1 aromatic carbocycles. The fraction of sp³-hybridized carbons (Fsp3) is 0.500. The van der Waals surface area contributed by atoms with Crippen LogP contribution in [0, 0.1) is 0 Å². The molecule has 3 rings (SSSR count). The monoisotopic (exact) mass is 288 g/mol. The van der Waals surface area contributed by atoms with Gasteiger partial charge in [0.05, 0.1) is 5.56 Å². The molecular formula is C16H20N2O3. The summed E-state index contributed by atoms with van der Waals surface area (Å²) in [6.07, 6.45) is 6.47. The molecule has 0 atom stereocenters. The van der Waals surface area contributed by atoms with Gasteiger partial charge in [-0.05, 0) is 43.0 Å². The maximum atomic E-state index is 12.4. The van der Waals surface area contributed by atoms with Gasteiger partial charge in [0.15, 0.2) is 0 Å². The van der Waals surface area contributed by atoms with Crippen LogP contribution in [0.5, 0.6) is 0 Å². The number of carbonyl (C=O) groups is 2. The number of rotatable bonds is 2. The minimum absolute atomic E-state index is 0.0521. The second-order valence-electron chi connectivity index (χ2n) is 5.83. The number of nitrogens with one attached hydrogen (secondary N) is 1. The highest BCUT2D eigenvalue weighted by Gasteiger charge is 2.27. The molecule has 5 nitrogen and oxygen atoms in total. The van der Waals surface area contributed by atoms with Crippen molar-refractivity contribution in [2.75, 3.05) is 11.4 Å². The molecule has 1 heterocycles. The molecule has 1 aromatic rings. The third-order valence-corrected chi connectivity index (χ3v) is 4.40. The van der Waals surface area contributed by atoms with Gasteiger partial charge >= 0.3 is 12.0 Å². The maximum Gasteiger partial charge on any atom is 0.335 e. The van der Waals surface area contributed by atoms with Crippen LogP contribution in [-0.4, -0.2) is 29.7 Å². The zero-order valence-electron chi connectivity index (χ0n) is 12.0. The summed E-state index contributed by atoms with van der Waals surface area (Å²) in [5.74, 6) is -0.928. The van der Waals surface area contributed by atoms with E-state index in [4.69, 9.17) is 5.11 Å². The fourth-order valence-corrected chi connectivity index (χ4v) is 3.25. The van der Waals surface area contributed by atoms with E-state index in [1.54, 1.807) is 23.1 Å². The van der Waals surface area contributed by atoms with Gasteiger partial charge in [-0.1, -0.05) is 19.3 Å². The lowest BCUT2D eigenvalue weighted by atomic mass is 9.96. The zero-order valence-corrected chi connectivity index (χ0v) is 12.0. The Morgan fingerprint density at radius 1 is 1.19 bits per heavy atom. The predicted octanol–water partition coefficient (Wildman–Crippen LogP) is 2.79. The number of aromatic carboxylic acids is 1. The number of amides is 2. The molecule has 112 valence electrons. The number of hydrogen-bond donors (Lipinski definition) is 2. The average molecular weight is 288 g/mol. The van der Waals surface area contributed by atoms with Crippen molar-refractivity contribution in [3.05, 3.63) is 29.3 Å². The van der Waals surface area contributed by atoms with Crippen molar-refractivity contribution in [1.29, 1.82) is 0 Å². The highest BCUT2D eigenvalue weighted by molar-refractivity contribution is 5.96. The number of fused-ring (bicyclic) bond motifs is 1. The molecule has 2 aliphatic rings. The molecule has 0 unspecified atom stereocenters. The molecule has 5 heteroatoms. The summed E-state index contributed by atoms with van der Waals surface area (Å²) in [5, 5.41) is 12.1. The van der Waals surface area contributed by atoms with E-state index in [0.29, 0.717) is 13.0 Å². The lowest BCUT2D eigenvalue weighted by Gasteiger charge is -2.26. The van der Waals surface area contributed by atoms with Crippen LogP contribution >= 0.6 is 0 Å². The SMILES string of the molecule is O=C(O)c1ccc2c(c1)CCN2C(=O)NC1CCCCC1. The van der Waals surface area contributed by atoms with Crippen molar-refractivity contribution in [2.24, 2.45) is 0 Å². The van der Waals surface area contributed by atoms with E-state index in [1.165, 1.54) is 19.3 Å². The number of hydrogen-bond acceptors (Lipinski definition) is 2. The standard InChI is InChI=1S/C16H20N2O3/c19-15(20)12-6-7-14-11(10-12)8-9-18(14)16(21)17-13-4-2-1-3-5-13/h6-7,10,13H,1-5,8-9H2,(H,17,21)(H,19,20). The first-order chi connectivity index (χ1) is 10.1. The van der Waals surface area contributed by atoms with Gasteiger partial charge in [0.25, 0.3) is 0 Å². The van der Waals surface area contributed by atoms with Gasteiger partial charge in [0.1, 0.15) is 0 Å². The minimum atomic E-state index is -0.928. The van der Waals surface area contributed by atoms with Crippen LogP contribution in [0.4, 0.5) is 10.5 Å². The number of urea groups is 1. The first kappa shape index (κ1) is 13.9. The second kappa shape index (κ2) is 5.76. The van der Waals surface area contributed by atoms with E-state index in [0.717, 1.165) is 24.1 Å². The average Bonchev–Trinajstić information content (AvgIpc) is 2.91. The van der Waals surface area contributed by atoms with Crippen molar-refractivity contribution in [3.63, 3.8) is 0 Å². The molecule has 0 radical (unpaired) electrons. The summed E-state index contributed by atoms with van der Waals surface area (Å²) in [5.41, 5.74) is 2.06. The lowest BCUT2D eigenvalue weighted by Crippen LogP contribution is -2.45. The van der Waals surface area contributed by atoms with Crippen LogP contribution in [0.1, 0.15) is 48.0 Å². The zero-order chi connectivity index (χ0) is 14.8. The number of anilines is 1. The summed E-state index contributed by atoms with van der Waals surface area (Å²) >= 11 is 0. The highest BCUT2D eigenvalue weighted by atomic mass is 16.4. The van der Waals surface area contributed by atoms with E-state index in [1.807, 2.05) is 0 Å². The Balaban J connectivity index is 1.71. The molecule has 1 aliphatic carbocycles. The van der Waals surface area contributed by atoms with E-state index in [2.05, 4.69) is 5.32 Å². The Hall–Kier alpha value is -2.04. The molecule has 1 saturated carbocycles. The molecule has 0 bridgehead atoms. The van der Waals surface area contributed by atoms with Gasteiger partial charge in [-0.15, -0.1) is 0 Å². The smallest absolute Gasteiger partial charge is 0.335 e.